The highest BCUT2D eigenvalue weighted by Gasteiger charge is 2.31. The van der Waals surface area contributed by atoms with Crippen LogP contribution in [0.3, 0.4) is 0 Å². The van der Waals surface area contributed by atoms with Crippen LogP contribution in [0.2, 0.25) is 19.6 Å². The molecule has 0 aromatic heterocycles. The first-order chi connectivity index (χ1) is 10.4. The van der Waals surface area contributed by atoms with Gasteiger partial charge in [-0.25, -0.2) is 8.78 Å². The van der Waals surface area contributed by atoms with Crippen LogP contribution in [-0.4, -0.2) is 31.0 Å². The van der Waals surface area contributed by atoms with Crippen LogP contribution in [0, 0.1) is 11.6 Å². The van der Waals surface area contributed by atoms with Crippen molar-refractivity contribution < 1.29 is 13.6 Å². The molecule has 1 amide bonds. The summed E-state index contributed by atoms with van der Waals surface area (Å²) in [5.41, 5.74) is 0.493. The first-order valence-corrected chi connectivity index (χ1v) is 11.8. The van der Waals surface area contributed by atoms with Gasteiger partial charge >= 0.3 is 0 Å². The van der Waals surface area contributed by atoms with Gasteiger partial charge in [0.1, 0.15) is 11.6 Å². The Morgan fingerprint density at radius 2 is 1.61 bits per heavy atom. The molecule has 0 aliphatic heterocycles. The van der Waals surface area contributed by atoms with Crippen molar-refractivity contribution in [3.05, 3.63) is 28.8 Å². The van der Waals surface area contributed by atoms with Crippen molar-refractivity contribution in [1.29, 1.82) is 0 Å². The van der Waals surface area contributed by atoms with Gasteiger partial charge in [0.05, 0.1) is 8.07 Å². The maximum Gasteiger partial charge on any atom is 0.254 e. The number of hydrogen-bond acceptors (Lipinski definition) is 1. The molecule has 0 unspecified atom stereocenters. The minimum absolute atomic E-state index is 0.0324. The molecule has 130 valence electrons. The van der Waals surface area contributed by atoms with E-state index in [9.17, 15) is 13.6 Å². The molecular weight excluding hydrogens is 312 g/mol. The molecule has 1 rings (SSSR count). The summed E-state index contributed by atoms with van der Waals surface area (Å²) in [5, 5.41) is 0.187. The van der Waals surface area contributed by atoms with E-state index in [1.165, 1.54) is 6.07 Å². The number of rotatable bonds is 5. The summed E-state index contributed by atoms with van der Waals surface area (Å²) in [4.78, 5) is 14.5. The molecule has 0 bridgehead atoms. The lowest BCUT2D eigenvalue weighted by Crippen LogP contribution is -2.45. The topological polar surface area (TPSA) is 20.3 Å². The minimum Gasteiger partial charge on any atom is -0.334 e. The quantitative estimate of drug-likeness (QED) is 0.730. The Kier molecular flexibility index (Phi) is 6.13. The van der Waals surface area contributed by atoms with Crippen molar-refractivity contribution in [3.63, 3.8) is 0 Å². The van der Waals surface area contributed by atoms with Gasteiger partial charge in [0, 0.05) is 28.4 Å². The number of carbonyl (C=O) groups is 1. The summed E-state index contributed by atoms with van der Waals surface area (Å²) >= 11 is 0. The van der Waals surface area contributed by atoms with Crippen molar-refractivity contribution in [2.24, 2.45) is 0 Å². The highest BCUT2D eigenvalue weighted by molar-refractivity contribution is 6.88. The van der Waals surface area contributed by atoms with Crippen LogP contribution in [0.25, 0.3) is 0 Å². The molecule has 0 radical (unpaired) electrons. The Labute approximate surface area is 139 Å². The van der Waals surface area contributed by atoms with Gasteiger partial charge in [-0.1, -0.05) is 26.6 Å². The normalized spacial score (nSPS) is 12.2. The van der Waals surface area contributed by atoms with E-state index in [2.05, 4.69) is 0 Å². The van der Waals surface area contributed by atoms with Crippen LogP contribution in [0.5, 0.6) is 0 Å². The summed E-state index contributed by atoms with van der Waals surface area (Å²) in [6.07, 6.45) is 0.370. The summed E-state index contributed by atoms with van der Waals surface area (Å²) in [6, 6.07) is 1.18. The van der Waals surface area contributed by atoms with E-state index < -0.39 is 19.7 Å². The lowest BCUT2D eigenvalue weighted by atomic mass is 10.0. The lowest BCUT2D eigenvalue weighted by molar-refractivity contribution is 0.0641. The van der Waals surface area contributed by atoms with Crippen molar-refractivity contribution >= 4 is 19.2 Å². The zero-order valence-corrected chi connectivity index (χ0v) is 16.6. The molecular formula is C18H29F2NOSi. The third-order valence-electron chi connectivity index (χ3n) is 4.00. The second-order valence-corrected chi connectivity index (χ2v) is 12.6. The molecule has 0 fully saturated rings. The van der Waals surface area contributed by atoms with Gasteiger partial charge in [-0.15, -0.1) is 0 Å². The van der Waals surface area contributed by atoms with E-state index in [1.807, 2.05) is 47.3 Å². The Morgan fingerprint density at radius 3 is 1.96 bits per heavy atom. The lowest BCUT2D eigenvalue weighted by Gasteiger charge is -2.32. The number of amides is 1. The van der Waals surface area contributed by atoms with E-state index in [4.69, 9.17) is 0 Å². The van der Waals surface area contributed by atoms with E-state index in [0.29, 0.717) is 12.0 Å². The fraction of sp³-hybridized carbons (Fsp3) is 0.611. The monoisotopic (exact) mass is 341 g/mol. The van der Waals surface area contributed by atoms with Crippen LogP contribution < -0.4 is 5.19 Å². The standard InChI is InChI=1S/C18H29F2NOSi/c1-9-13-14(18(22)21(11(2)3)12(4)5)10-15(19)17(16(13)20)23(6,7)8/h10-12H,9H2,1-8H3. The van der Waals surface area contributed by atoms with E-state index in [0.717, 1.165) is 0 Å². The maximum absolute atomic E-state index is 14.9. The second-order valence-electron chi connectivity index (χ2n) is 7.58. The molecule has 0 aliphatic carbocycles. The zero-order chi connectivity index (χ0) is 18.1. The highest BCUT2D eigenvalue weighted by atomic mass is 28.3. The maximum atomic E-state index is 14.9. The number of carbonyl (C=O) groups excluding carboxylic acids is 1. The molecule has 1 aromatic carbocycles. The highest BCUT2D eigenvalue weighted by Crippen LogP contribution is 2.22. The molecule has 2 nitrogen and oxygen atoms in total. The van der Waals surface area contributed by atoms with Gasteiger partial charge in [0.2, 0.25) is 0 Å². The van der Waals surface area contributed by atoms with Gasteiger partial charge in [0.25, 0.3) is 5.91 Å². The smallest absolute Gasteiger partial charge is 0.254 e. The number of hydrogen-bond donors (Lipinski definition) is 0. The Hall–Kier alpha value is -1.23. The molecule has 0 saturated heterocycles. The Bertz CT molecular complexity index is 584. The van der Waals surface area contributed by atoms with Gasteiger partial charge < -0.3 is 4.90 Å². The molecule has 0 N–H and O–H groups in total. The molecule has 0 saturated carbocycles. The largest absolute Gasteiger partial charge is 0.334 e. The molecule has 1 aromatic rings. The second kappa shape index (κ2) is 7.12. The number of nitrogens with zero attached hydrogens (tertiary/aromatic N) is 1. The SMILES string of the molecule is CCc1c(C(=O)N(C(C)C)C(C)C)cc(F)c([Si](C)(C)C)c1F. The molecule has 0 atom stereocenters. The van der Waals surface area contributed by atoms with Gasteiger partial charge in [-0.05, 0) is 40.2 Å². The third-order valence-corrected chi connectivity index (χ3v) is 5.96. The fourth-order valence-electron chi connectivity index (χ4n) is 3.09. The predicted octanol–water partition coefficient (Wildman–Crippen LogP) is 4.33. The fourth-order valence-corrected chi connectivity index (χ4v) is 4.69. The Morgan fingerprint density at radius 1 is 1.13 bits per heavy atom. The van der Waals surface area contributed by atoms with Crippen LogP contribution in [0.4, 0.5) is 8.78 Å². The first kappa shape index (κ1) is 19.8. The molecule has 23 heavy (non-hydrogen) atoms. The average Bonchev–Trinajstić information content (AvgIpc) is 2.35. The van der Waals surface area contributed by atoms with Crippen LogP contribution in [0.15, 0.2) is 6.07 Å². The summed E-state index contributed by atoms with van der Waals surface area (Å²) in [6.45, 7) is 15.2. The van der Waals surface area contributed by atoms with Crippen molar-refractivity contribution in [2.75, 3.05) is 0 Å². The zero-order valence-electron chi connectivity index (χ0n) is 15.6. The molecule has 0 heterocycles. The van der Waals surface area contributed by atoms with Crippen molar-refractivity contribution in [3.8, 4) is 0 Å². The summed E-state index contributed by atoms with van der Waals surface area (Å²) in [5.74, 6) is -1.41. The predicted molar refractivity (Wildman–Crippen MR) is 95.2 cm³/mol. The van der Waals surface area contributed by atoms with E-state index in [-0.39, 0.29) is 28.7 Å². The van der Waals surface area contributed by atoms with Crippen LogP contribution >= 0.6 is 0 Å². The number of halogens is 2. The number of benzene rings is 1. The van der Waals surface area contributed by atoms with E-state index >= 15 is 0 Å². The Balaban J connectivity index is 3.58. The minimum atomic E-state index is -2.17. The van der Waals surface area contributed by atoms with Crippen molar-refractivity contribution in [1.82, 2.24) is 4.90 Å². The van der Waals surface area contributed by atoms with Gasteiger partial charge in [-0.3, -0.25) is 4.79 Å². The molecule has 0 spiro atoms. The van der Waals surface area contributed by atoms with E-state index in [1.54, 1.807) is 11.8 Å². The van der Waals surface area contributed by atoms with Gasteiger partial charge in [0.15, 0.2) is 0 Å². The third kappa shape index (κ3) is 4.00. The molecule has 0 aliphatic rings. The summed E-state index contributed by atoms with van der Waals surface area (Å²) < 4.78 is 29.5. The summed E-state index contributed by atoms with van der Waals surface area (Å²) in [7, 11) is -2.17. The molecule has 5 heteroatoms. The van der Waals surface area contributed by atoms with Crippen LogP contribution in [-0.2, 0) is 6.42 Å². The average molecular weight is 342 g/mol. The van der Waals surface area contributed by atoms with Gasteiger partial charge in [-0.2, -0.15) is 0 Å². The first-order valence-electron chi connectivity index (χ1n) is 8.27. The van der Waals surface area contributed by atoms with Crippen molar-refractivity contribution in [2.45, 2.75) is 72.8 Å². The van der Waals surface area contributed by atoms with Crippen LogP contribution in [0.1, 0.15) is 50.5 Å².